The second-order valence-corrected chi connectivity index (χ2v) is 13.7. The van der Waals surface area contributed by atoms with Gasteiger partial charge in [0, 0.05) is 23.7 Å². The van der Waals surface area contributed by atoms with Gasteiger partial charge in [0.15, 0.2) is 0 Å². The van der Waals surface area contributed by atoms with Crippen LogP contribution in [0, 0.1) is 6.92 Å². The fourth-order valence-electron chi connectivity index (χ4n) is 5.50. The first-order valence-electron chi connectivity index (χ1n) is 14.6. The molecule has 10 heteroatoms. The van der Waals surface area contributed by atoms with E-state index in [1.54, 1.807) is 17.7 Å². The summed E-state index contributed by atoms with van der Waals surface area (Å²) in [5.74, 6) is 2.39. The third-order valence-electron chi connectivity index (χ3n) is 8.99. The van der Waals surface area contributed by atoms with Crippen molar-refractivity contribution in [2.75, 3.05) is 26.0 Å². The first-order chi connectivity index (χ1) is 19.9. The Balaban J connectivity index is 1.19. The third-order valence-corrected chi connectivity index (χ3v) is 10.1. The van der Waals surface area contributed by atoms with Crippen LogP contribution in [-0.2, 0) is 22.3 Å². The number of hydrogen-bond acceptors (Lipinski definition) is 9. The van der Waals surface area contributed by atoms with E-state index in [4.69, 9.17) is 14.0 Å². The third kappa shape index (κ3) is 5.42. The minimum Gasteiger partial charge on any atom is -0.457 e. The van der Waals surface area contributed by atoms with Gasteiger partial charge in [0.2, 0.25) is 0 Å². The highest BCUT2D eigenvalue weighted by atomic mass is 32.1. The predicted molar refractivity (Wildman–Crippen MR) is 171 cm³/mol. The van der Waals surface area contributed by atoms with E-state index in [0.717, 1.165) is 63.8 Å². The maximum absolute atomic E-state index is 6.33. The molecule has 8 nitrogen and oxygen atoms in total. The normalized spacial score (nSPS) is 18.8. The van der Waals surface area contributed by atoms with Gasteiger partial charge in [-0.05, 0) is 109 Å². The summed E-state index contributed by atoms with van der Waals surface area (Å²) in [6, 6.07) is 14.1. The Morgan fingerprint density at radius 3 is 2.55 bits per heavy atom. The molecule has 1 fully saturated rings. The standard InChI is InChI=1S/C32H40BN5O3S/c1-20-16-23(12-13-26(20)39-24-11-9-10-22(17-24)33-40-31(3,4)32(5,6)41-33)36-29-28-25-14-15-38(21(2)37(7)8)18-27(25)42-30(28)35-19-34-29/h9-13,16-17,19,21H,14-15,18H2,1-8H3,(H,34,35,36). The summed E-state index contributed by atoms with van der Waals surface area (Å²) < 4.78 is 18.8. The van der Waals surface area contributed by atoms with Crippen molar-refractivity contribution in [3.05, 3.63) is 64.8 Å². The van der Waals surface area contributed by atoms with Crippen molar-refractivity contribution in [2.24, 2.45) is 0 Å². The summed E-state index contributed by atoms with van der Waals surface area (Å²) in [5, 5.41) is 4.72. The van der Waals surface area contributed by atoms with Crippen LogP contribution in [0.25, 0.3) is 10.2 Å². The smallest absolute Gasteiger partial charge is 0.457 e. The molecule has 1 saturated heterocycles. The van der Waals surface area contributed by atoms with E-state index in [2.05, 4.69) is 86.8 Å². The zero-order valence-corrected chi connectivity index (χ0v) is 26.6. The number of aromatic nitrogens is 2. The number of aryl methyl sites for hydroxylation is 1. The molecule has 6 rings (SSSR count). The number of nitrogens with one attached hydrogen (secondary N) is 1. The number of ether oxygens (including phenoxy) is 1. The van der Waals surface area contributed by atoms with E-state index >= 15 is 0 Å². The largest absolute Gasteiger partial charge is 0.494 e. The minimum atomic E-state index is -0.432. The van der Waals surface area contributed by atoms with Crippen molar-refractivity contribution < 1.29 is 14.0 Å². The molecule has 0 bridgehead atoms. The van der Waals surface area contributed by atoms with Crippen molar-refractivity contribution in [3.63, 3.8) is 0 Å². The number of thiophene rings is 1. The molecule has 42 heavy (non-hydrogen) atoms. The summed E-state index contributed by atoms with van der Waals surface area (Å²) in [5.41, 5.74) is 3.51. The second kappa shape index (κ2) is 10.9. The molecular weight excluding hydrogens is 545 g/mol. The van der Waals surface area contributed by atoms with Gasteiger partial charge in [-0.15, -0.1) is 11.3 Å². The maximum atomic E-state index is 6.33. The zero-order valence-electron chi connectivity index (χ0n) is 25.8. The Morgan fingerprint density at radius 1 is 1.07 bits per heavy atom. The molecule has 1 atom stereocenters. The van der Waals surface area contributed by atoms with Crippen molar-refractivity contribution in [1.29, 1.82) is 0 Å². The molecule has 2 aliphatic heterocycles. The highest BCUT2D eigenvalue weighted by molar-refractivity contribution is 7.19. The van der Waals surface area contributed by atoms with Crippen LogP contribution in [0.2, 0.25) is 0 Å². The number of anilines is 2. The molecule has 0 spiro atoms. The Morgan fingerprint density at radius 2 is 1.83 bits per heavy atom. The Kier molecular flexibility index (Phi) is 7.56. The lowest BCUT2D eigenvalue weighted by atomic mass is 9.79. The SMILES string of the molecule is Cc1cc(Nc2ncnc3sc4c(c23)CCN(C(C)N(C)C)C4)ccc1Oc1cccc(B2OC(C)(C)C(C)(C)O2)c1. The van der Waals surface area contributed by atoms with E-state index in [9.17, 15) is 0 Å². The van der Waals surface area contributed by atoms with Crippen LogP contribution in [0.4, 0.5) is 11.5 Å². The Bertz CT molecular complexity index is 1610. The van der Waals surface area contributed by atoms with E-state index < -0.39 is 18.3 Å². The summed E-state index contributed by atoms with van der Waals surface area (Å²) in [7, 11) is 3.84. The van der Waals surface area contributed by atoms with Crippen LogP contribution in [0.5, 0.6) is 11.5 Å². The van der Waals surface area contributed by atoms with Crippen LogP contribution in [0.3, 0.4) is 0 Å². The Hall–Kier alpha value is -3.02. The quantitative estimate of drug-likeness (QED) is 0.261. The summed E-state index contributed by atoms with van der Waals surface area (Å²) in [6.45, 7) is 14.5. The molecule has 0 amide bonds. The second-order valence-electron chi connectivity index (χ2n) is 12.6. The molecule has 1 unspecified atom stereocenters. The number of benzene rings is 2. The average Bonchev–Trinajstić information content (AvgIpc) is 3.42. The van der Waals surface area contributed by atoms with Crippen LogP contribution in [-0.4, -0.2) is 64.9 Å². The molecule has 2 aromatic heterocycles. The molecule has 0 aliphatic carbocycles. The lowest BCUT2D eigenvalue weighted by Gasteiger charge is -2.35. The number of hydrogen-bond donors (Lipinski definition) is 1. The van der Waals surface area contributed by atoms with Crippen LogP contribution in [0.15, 0.2) is 48.8 Å². The van der Waals surface area contributed by atoms with Gasteiger partial charge >= 0.3 is 7.12 Å². The Labute approximate surface area is 253 Å². The van der Waals surface area contributed by atoms with Gasteiger partial charge in [0.1, 0.15) is 28.5 Å². The molecule has 0 radical (unpaired) electrons. The lowest BCUT2D eigenvalue weighted by Crippen LogP contribution is -2.44. The molecule has 4 heterocycles. The van der Waals surface area contributed by atoms with Gasteiger partial charge in [0.25, 0.3) is 0 Å². The fraction of sp³-hybridized carbons (Fsp3) is 0.438. The van der Waals surface area contributed by atoms with E-state index in [1.807, 2.05) is 36.4 Å². The van der Waals surface area contributed by atoms with Gasteiger partial charge in [-0.25, -0.2) is 9.97 Å². The van der Waals surface area contributed by atoms with Crippen molar-refractivity contribution in [1.82, 2.24) is 19.8 Å². The van der Waals surface area contributed by atoms with Gasteiger partial charge in [-0.2, -0.15) is 0 Å². The number of rotatable bonds is 7. The molecule has 220 valence electrons. The van der Waals surface area contributed by atoms with Gasteiger partial charge in [-0.3, -0.25) is 9.80 Å². The van der Waals surface area contributed by atoms with E-state index in [0.29, 0.717) is 6.17 Å². The summed E-state index contributed by atoms with van der Waals surface area (Å²) in [4.78, 5) is 16.5. The van der Waals surface area contributed by atoms with E-state index in [-0.39, 0.29) is 0 Å². The molecule has 2 aromatic carbocycles. The molecule has 0 saturated carbocycles. The molecule has 1 N–H and O–H groups in total. The lowest BCUT2D eigenvalue weighted by molar-refractivity contribution is 0.00578. The van der Waals surface area contributed by atoms with Crippen molar-refractivity contribution in [2.45, 2.75) is 71.9 Å². The number of fused-ring (bicyclic) bond motifs is 3. The first kappa shape index (κ1) is 29.1. The predicted octanol–water partition coefficient (Wildman–Crippen LogP) is 6.10. The van der Waals surface area contributed by atoms with E-state index in [1.165, 1.54) is 10.4 Å². The topological polar surface area (TPSA) is 72.0 Å². The zero-order chi connectivity index (χ0) is 29.8. The summed E-state index contributed by atoms with van der Waals surface area (Å²) in [6.07, 6.45) is 3.04. The van der Waals surface area contributed by atoms with Crippen LogP contribution < -0.4 is 15.5 Å². The van der Waals surface area contributed by atoms with Gasteiger partial charge < -0.3 is 19.4 Å². The van der Waals surface area contributed by atoms with Crippen LogP contribution in [0.1, 0.15) is 50.6 Å². The van der Waals surface area contributed by atoms with Crippen LogP contribution >= 0.6 is 11.3 Å². The monoisotopic (exact) mass is 585 g/mol. The minimum absolute atomic E-state index is 0.391. The van der Waals surface area contributed by atoms with Gasteiger partial charge in [-0.1, -0.05) is 12.1 Å². The average molecular weight is 586 g/mol. The highest BCUT2D eigenvalue weighted by Gasteiger charge is 2.51. The fourth-order valence-corrected chi connectivity index (χ4v) is 6.71. The maximum Gasteiger partial charge on any atom is 0.494 e. The summed E-state index contributed by atoms with van der Waals surface area (Å²) >= 11 is 1.78. The molecule has 4 aromatic rings. The molecular formula is C32H40BN5O3S. The van der Waals surface area contributed by atoms with Gasteiger partial charge in [0.05, 0.1) is 22.8 Å². The van der Waals surface area contributed by atoms with Crippen molar-refractivity contribution in [3.8, 4) is 11.5 Å². The first-order valence-corrected chi connectivity index (χ1v) is 15.4. The van der Waals surface area contributed by atoms with Crippen molar-refractivity contribution >= 4 is 45.6 Å². The number of nitrogens with zero attached hydrogens (tertiary/aromatic N) is 4. The highest BCUT2D eigenvalue weighted by Crippen LogP contribution is 2.39. The molecule has 2 aliphatic rings.